The maximum atomic E-state index is 12.4. The topological polar surface area (TPSA) is 66.7 Å². The fraction of sp³-hybridized carbons (Fsp3) is 0.250. The Morgan fingerprint density at radius 3 is 2.50 bits per heavy atom. The van der Waals surface area contributed by atoms with E-state index in [0.29, 0.717) is 28.7 Å². The zero-order valence-corrected chi connectivity index (χ0v) is 16.6. The summed E-state index contributed by atoms with van der Waals surface area (Å²) >= 11 is 12.0. The predicted molar refractivity (Wildman–Crippen MR) is 110 cm³/mol. The fourth-order valence-corrected chi connectivity index (χ4v) is 3.36. The van der Waals surface area contributed by atoms with Crippen LogP contribution in [-0.2, 0) is 11.3 Å². The third-order valence-electron chi connectivity index (χ3n) is 4.57. The number of non-ortho nitro benzene ring substituents is 1. The van der Waals surface area contributed by atoms with Crippen molar-refractivity contribution < 1.29 is 9.72 Å². The molecule has 1 saturated heterocycles. The van der Waals surface area contributed by atoms with Gasteiger partial charge in [0.25, 0.3) is 5.69 Å². The lowest BCUT2D eigenvalue weighted by Gasteiger charge is -2.34. The molecule has 0 bridgehead atoms. The van der Waals surface area contributed by atoms with Gasteiger partial charge in [-0.3, -0.25) is 19.8 Å². The fourth-order valence-electron chi connectivity index (χ4n) is 3.04. The lowest BCUT2D eigenvalue weighted by atomic mass is 10.1. The van der Waals surface area contributed by atoms with E-state index in [2.05, 4.69) is 4.90 Å². The van der Waals surface area contributed by atoms with E-state index in [1.807, 2.05) is 12.1 Å². The molecule has 0 saturated carbocycles. The number of hydrogen-bond acceptors (Lipinski definition) is 4. The highest BCUT2D eigenvalue weighted by molar-refractivity contribution is 6.42. The Labute approximate surface area is 173 Å². The van der Waals surface area contributed by atoms with Crippen molar-refractivity contribution in [2.24, 2.45) is 0 Å². The molecule has 2 aromatic carbocycles. The molecule has 1 aliphatic heterocycles. The minimum atomic E-state index is -0.452. The van der Waals surface area contributed by atoms with Crippen LogP contribution in [0.5, 0.6) is 0 Å². The molecule has 0 N–H and O–H groups in total. The van der Waals surface area contributed by atoms with E-state index < -0.39 is 4.92 Å². The standard InChI is InChI=1S/C20H19Cl2N3O3/c21-18-6-4-16(13-19(18)22)14-23-8-10-24(11-9-23)20(26)7-5-15-2-1-3-17(12-15)25(27)28/h1-7,12-13H,8-11,14H2/b7-5+. The lowest BCUT2D eigenvalue weighted by Crippen LogP contribution is -2.47. The number of carbonyl (C=O) groups is 1. The summed E-state index contributed by atoms with van der Waals surface area (Å²) in [5, 5.41) is 11.9. The van der Waals surface area contributed by atoms with Crippen molar-refractivity contribution in [1.82, 2.24) is 9.80 Å². The summed E-state index contributed by atoms with van der Waals surface area (Å²) in [6.45, 7) is 3.52. The molecular weight excluding hydrogens is 401 g/mol. The van der Waals surface area contributed by atoms with Gasteiger partial charge in [0.05, 0.1) is 15.0 Å². The molecule has 2 aromatic rings. The molecule has 0 unspecified atom stereocenters. The summed E-state index contributed by atoms with van der Waals surface area (Å²) in [7, 11) is 0. The van der Waals surface area contributed by atoms with Gasteiger partial charge in [-0.15, -0.1) is 0 Å². The minimum Gasteiger partial charge on any atom is -0.337 e. The van der Waals surface area contributed by atoms with Crippen LogP contribution in [0.15, 0.2) is 48.5 Å². The third-order valence-corrected chi connectivity index (χ3v) is 5.31. The van der Waals surface area contributed by atoms with E-state index in [1.165, 1.54) is 18.2 Å². The maximum absolute atomic E-state index is 12.4. The molecule has 146 valence electrons. The van der Waals surface area contributed by atoms with Gasteiger partial charge < -0.3 is 4.90 Å². The Morgan fingerprint density at radius 2 is 1.82 bits per heavy atom. The van der Waals surface area contributed by atoms with Gasteiger partial charge in [0, 0.05) is 50.9 Å². The second-order valence-corrected chi connectivity index (χ2v) is 7.35. The molecule has 0 radical (unpaired) electrons. The molecule has 0 aromatic heterocycles. The molecule has 6 nitrogen and oxygen atoms in total. The van der Waals surface area contributed by atoms with Crippen molar-refractivity contribution in [3.63, 3.8) is 0 Å². The first kappa shape index (κ1) is 20.3. The van der Waals surface area contributed by atoms with Crippen LogP contribution < -0.4 is 0 Å². The number of hydrogen-bond donors (Lipinski definition) is 0. The van der Waals surface area contributed by atoms with Crippen LogP contribution in [0.2, 0.25) is 10.0 Å². The second-order valence-electron chi connectivity index (χ2n) is 6.54. The molecule has 1 heterocycles. The number of benzene rings is 2. The molecule has 1 aliphatic rings. The highest BCUT2D eigenvalue weighted by atomic mass is 35.5. The molecule has 0 atom stereocenters. The SMILES string of the molecule is O=C(/C=C/c1cccc([N+](=O)[O-])c1)N1CCN(Cc2ccc(Cl)c(Cl)c2)CC1. The molecule has 0 aliphatic carbocycles. The summed E-state index contributed by atoms with van der Waals surface area (Å²) in [5.41, 5.74) is 1.71. The number of nitro groups is 1. The quantitative estimate of drug-likeness (QED) is 0.412. The molecule has 0 spiro atoms. The summed E-state index contributed by atoms with van der Waals surface area (Å²) in [5.74, 6) is -0.0966. The Morgan fingerprint density at radius 1 is 1.07 bits per heavy atom. The molecule has 8 heteroatoms. The van der Waals surface area contributed by atoms with Crippen LogP contribution in [0, 0.1) is 10.1 Å². The number of nitrogens with zero attached hydrogens (tertiary/aromatic N) is 3. The van der Waals surface area contributed by atoms with Crippen LogP contribution in [0.1, 0.15) is 11.1 Å². The average molecular weight is 420 g/mol. The molecule has 1 fully saturated rings. The van der Waals surface area contributed by atoms with Crippen LogP contribution in [-0.4, -0.2) is 46.8 Å². The molecule has 1 amide bonds. The van der Waals surface area contributed by atoms with E-state index >= 15 is 0 Å². The van der Waals surface area contributed by atoms with Crippen molar-refractivity contribution in [1.29, 1.82) is 0 Å². The number of nitro benzene ring substituents is 1. The normalized spacial score (nSPS) is 15.1. The van der Waals surface area contributed by atoms with E-state index in [0.717, 1.165) is 25.2 Å². The molecule has 28 heavy (non-hydrogen) atoms. The lowest BCUT2D eigenvalue weighted by molar-refractivity contribution is -0.384. The van der Waals surface area contributed by atoms with Crippen LogP contribution >= 0.6 is 23.2 Å². The highest BCUT2D eigenvalue weighted by Crippen LogP contribution is 2.23. The Hall–Kier alpha value is -2.41. The first-order chi connectivity index (χ1) is 13.4. The van der Waals surface area contributed by atoms with Gasteiger partial charge in [-0.1, -0.05) is 41.4 Å². The van der Waals surface area contributed by atoms with Gasteiger partial charge in [0.2, 0.25) is 5.91 Å². The largest absolute Gasteiger partial charge is 0.337 e. The zero-order chi connectivity index (χ0) is 20.1. The third kappa shape index (κ3) is 5.32. The second kappa shape index (κ2) is 9.19. The summed E-state index contributed by atoms with van der Waals surface area (Å²) in [6.07, 6.45) is 3.07. The average Bonchev–Trinajstić information content (AvgIpc) is 2.70. The maximum Gasteiger partial charge on any atom is 0.270 e. The monoisotopic (exact) mass is 419 g/mol. The van der Waals surface area contributed by atoms with Gasteiger partial charge >= 0.3 is 0 Å². The number of amides is 1. The van der Waals surface area contributed by atoms with Gasteiger partial charge in [-0.25, -0.2) is 0 Å². The van der Waals surface area contributed by atoms with Gasteiger partial charge in [0.1, 0.15) is 0 Å². The highest BCUT2D eigenvalue weighted by Gasteiger charge is 2.19. The first-order valence-electron chi connectivity index (χ1n) is 8.80. The summed E-state index contributed by atoms with van der Waals surface area (Å²) < 4.78 is 0. The van der Waals surface area contributed by atoms with E-state index in [1.54, 1.807) is 29.2 Å². The summed E-state index contributed by atoms with van der Waals surface area (Å²) in [6, 6.07) is 11.8. The smallest absolute Gasteiger partial charge is 0.270 e. The molecular formula is C20H19Cl2N3O3. The van der Waals surface area contributed by atoms with Crippen LogP contribution in [0.4, 0.5) is 5.69 Å². The van der Waals surface area contributed by atoms with Crippen molar-refractivity contribution in [2.45, 2.75) is 6.54 Å². The zero-order valence-electron chi connectivity index (χ0n) is 15.1. The van der Waals surface area contributed by atoms with E-state index in [9.17, 15) is 14.9 Å². The first-order valence-corrected chi connectivity index (χ1v) is 9.56. The number of rotatable bonds is 5. The van der Waals surface area contributed by atoms with E-state index in [-0.39, 0.29) is 11.6 Å². The molecule has 3 rings (SSSR count). The van der Waals surface area contributed by atoms with E-state index in [4.69, 9.17) is 23.2 Å². The Bertz CT molecular complexity index is 909. The summed E-state index contributed by atoms with van der Waals surface area (Å²) in [4.78, 5) is 26.8. The van der Waals surface area contributed by atoms with Gasteiger partial charge in [-0.05, 0) is 29.3 Å². The van der Waals surface area contributed by atoms with Crippen molar-refractivity contribution in [3.8, 4) is 0 Å². The van der Waals surface area contributed by atoms with Gasteiger partial charge in [0.15, 0.2) is 0 Å². The predicted octanol–water partition coefficient (Wildman–Crippen LogP) is 4.26. The minimum absolute atomic E-state index is 0.00511. The van der Waals surface area contributed by atoms with Crippen molar-refractivity contribution in [3.05, 3.63) is 79.8 Å². The van der Waals surface area contributed by atoms with Crippen LogP contribution in [0.3, 0.4) is 0 Å². The van der Waals surface area contributed by atoms with Crippen molar-refractivity contribution in [2.75, 3.05) is 26.2 Å². The number of carbonyl (C=O) groups excluding carboxylic acids is 1. The Kier molecular flexibility index (Phi) is 6.67. The number of halogens is 2. The van der Waals surface area contributed by atoms with Crippen LogP contribution in [0.25, 0.3) is 6.08 Å². The Balaban J connectivity index is 1.52. The van der Waals surface area contributed by atoms with Crippen molar-refractivity contribution >= 4 is 40.9 Å². The number of piperazine rings is 1. The van der Waals surface area contributed by atoms with Gasteiger partial charge in [-0.2, -0.15) is 0 Å².